The predicted molar refractivity (Wildman–Crippen MR) is 72.0 cm³/mol. The van der Waals surface area contributed by atoms with Crippen molar-refractivity contribution in [2.75, 3.05) is 25.1 Å². The Morgan fingerprint density at radius 3 is 2.59 bits per heavy atom. The van der Waals surface area contributed by atoms with Crippen LogP contribution in [0.25, 0.3) is 0 Å². The lowest BCUT2D eigenvalue weighted by atomic mass is 9.85. The van der Waals surface area contributed by atoms with Crippen molar-refractivity contribution in [2.45, 2.75) is 38.2 Å². The topological polar surface area (TPSA) is 75.3 Å². The van der Waals surface area contributed by atoms with Gasteiger partial charge in [0.05, 0.1) is 11.0 Å². The lowest BCUT2D eigenvalue weighted by Gasteiger charge is -2.29. The van der Waals surface area contributed by atoms with Crippen molar-refractivity contribution in [3.63, 3.8) is 0 Å². The zero-order valence-electron chi connectivity index (χ0n) is 10.8. The summed E-state index contributed by atoms with van der Waals surface area (Å²) in [5, 5.41) is 12.9. The van der Waals surface area contributed by atoms with E-state index in [1.54, 1.807) is 18.7 Å². The third-order valence-electron chi connectivity index (χ3n) is 3.52. The summed E-state index contributed by atoms with van der Waals surface area (Å²) in [6.07, 6.45) is 5.84. The average molecular weight is 260 g/mol. The van der Waals surface area contributed by atoms with Gasteiger partial charge in [-0.05, 0) is 26.0 Å². The second-order valence-corrected chi connectivity index (χ2v) is 6.17. The van der Waals surface area contributed by atoms with Crippen LogP contribution in [0.3, 0.4) is 0 Å². The molecule has 4 nitrogen and oxygen atoms in total. The van der Waals surface area contributed by atoms with Crippen molar-refractivity contribution in [3.8, 4) is 0 Å². The van der Waals surface area contributed by atoms with Gasteiger partial charge in [0, 0.05) is 18.8 Å². The van der Waals surface area contributed by atoms with Crippen LogP contribution in [0.2, 0.25) is 0 Å². The summed E-state index contributed by atoms with van der Waals surface area (Å²) >= 11 is 1.57. The average Bonchev–Trinajstić information content (AvgIpc) is 2.75. The van der Waals surface area contributed by atoms with Gasteiger partial charge in [-0.25, -0.2) is 0 Å². The molecule has 1 atom stereocenters. The molecule has 0 aromatic carbocycles. The molecule has 0 saturated heterocycles. The Morgan fingerprint density at radius 2 is 2.12 bits per heavy atom. The highest BCUT2D eigenvalue weighted by Crippen LogP contribution is 2.37. The van der Waals surface area contributed by atoms with E-state index in [0.29, 0.717) is 18.8 Å². The van der Waals surface area contributed by atoms with Crippen LogP contribution in [0.1, 0.15) is 32.6 Å². The summed E-state index contributed by atoms with van der Waals surface area (Å²) < 4.78 is 0. The summed E-state index contributed by atoms with van der Waals surface area (Å²) in [5.41, 5.74) is 4.52. The maximum atomic E-state index is 12.1. The SMILES string of the molecule is CSCC(C)(O)CNC(=O)C1(CN)CCCC1. The lowest BCUT2D eigenvalue weighted by Crippen LogP contribution is -2.49. The molecule has 100 valence electrons. The van der Waals surface area contributed by atoms with Crippen LogP contribution in [-0.2, 0) is 4.79 Å². The molecule has 1 amide bonds. The second-order valence-electron chi connectivity index (χ2n) is 5.30. The first kappa shape index (κ1) is 14.8. The van der Waals surface area contributed by atoms with E-state index in [1.165, 1.54) is 0 Å². The minimum Gasteiger partial charge on any atom is -0.387 e. The van der Waals surface area contributed by atoms with Crippen LogP contribution in [0.4, 0.5) is 0 Å². The zero-order chi connectivity index (χ0) is 12.9. The summed E-state index contributed by atoms with van der Waals surface area (Å²) in [6.45, 7) is 2.45. The van der Waals surface area contributed by atoms with Crippen LogP contribution < -0.4 is 11.1 Å². The minimum absolute atomic E-state index is 0.0129. The molecular formula is C12H24N2O2S. The number of nitrogens with two attached hydrogens (primary N) is 1. The molecule has 1 rings (SSSR count). The van der Waals surface area contributed by atoms with Gasteiger partial charge in [-0.1, -0.05) is 12.8 Å². The van der Waals surface area contributed by atoms with Crippen LogP contribution in [0, 0.1) is 5.41 Å². The van der Waals surface area contributed by atoms with Gasteiger partial charge in [-0.15, -0.1) is 0 Å². The van der Waals surface area contributed by atoms with E-state index in [0.717, 1.165) is 25.7 Å². The van der Waals surface area contributed by atoms with Gasteiger partial charge in [0.15, 0.2) is 0 Å². The van der Waals surface area contributed by atoms with E-state index < -0.39 is 5.60 Å². The van der Waals surface area contributed by atoms with Gasteiger partial charge in [-0.3, -0.25) is 4.79 Å². The van der Waals surface area contributed by atoms with Crippen molar-refractivity contribution in [1.82, 2.24) is 5.32 Å². The molecule has 0 bridgehead atoms. The summed E-state index contributed by atoms with van der Waals surface area (Å²) in [5.74, 6) is 0.627. The van der Waals surface area contributed by atoms with Gasteiger partial charge >= 0.3 is 0 Å². The number of rotatable bonds is 6. The monoisotopic (exact) mass is 260 g/mol. The Kier molecular flexibility index (Phi) is 5.28. The molecule has 1 aliphatic carbocycles. The van der Waals surface area contributed by atoms with Crippen molar-refractivity contribution in [2.24, 2.45) is 11.1 Å². The largest absolute Gasteiger partial charge is 0.387 e. The molecule has 1 unspecified atom stereocenters. The van der Waals surface area contributed by atoms with Crippen molar-refractivity contribution in [3.05, 3.63) is 0 Å². The fraction of sp³-hybridized carbons (Fsp3) is 0.917. The first-order valence-corrected chi connectivity index (χ1v) is 7.55. The number of carbonyl (C=O) groups excluding carboxylic acids is 1. The fourth-order valence-corrected chi connectivity index (χ4v) is 3.12. The van der Waals surface area contributed by atoms with Crippen molar-refractivity contribution >= 4 is 17.7 Å². The molecule has 1 aliphatic rings. The molecule has 5 heteroatoms. The third-order valence-corrected chi connectivity index (χ3v) is 4.43. The summed E-state index contributed by atoms with van der Waals surface area (Å²) in [7, 11) is 0. The number of hydrogen-bond acceptors (Lipinski definition) is 4. The molecule has 4 N–H and O–H groups in total. The van der Waals surface area contributed by atoms with Gasteiger partial charge < -0.3 is 16.2 Å². The highest BCUT2D eigenvalue weighted by molar-refractivity contribution is 7.98. The number of amides is 1. The Morgan fingerprint density at radius 1 is 1.53 bits per heavy atom. The van der Waals surface area contributed by atoms with E-state index in [4.69, 9.17) is 5.73 Å². The van der Waals surface area contributed by atoms with Crippen LogP contribution >= 0.6 is 11.8 Å². The predicted octanol–water partition coefficient (Wildman–Crippen LogP) is 0.736. The zero-order valence-corrected chi connectivity index (χ0v) is 11.6. The minimum atomic E-state index is -0.844. The number of nitrogens with one attached hydrogen (secondary N) is 1. The van der Waals surface area contributed by atoms with Crippen LogP contribution in [-0.4, -0.2) is 41.7 Å². The summed E-state index contributed by atoms with van der Waals surface area (Å²) in [6, 6.07) is 0. The van der Waals surface area contributed by atoms with Crippen LogP contribution in [0.5, 0.6) is 0 Å². The van der Waals surface area contributed by atoms with E-state index >= 15 is 0 Å². The van der Waals surface area contributed by atoms with Gasteiger partial charge in [0.25, 0.3) is 0 Å². The van der Waals surface area contributed by atoms with E-state index in [1.807, 2.05) is 6.26 Å². The highest BCUT2D eigenvalue weighted by atomic mass is 32.2. The lowest BCUT2D eigenvalue weighted by molar-refractivity contribution is -0.131. The normalized spacial score (nSPS) is 22.1. The van der Waals surface area contributed by atoms with Crippen molar-refractivity contribution < 1.29 is 9.90 Å². The number of carbonyl (C=O) groups is 1. The molecule has 0 aromatic heterocycles. The van der Waals surface area contributed by atoms with Gasteiger partial charge in [0.2, 0.25) is 5.91 Å². The second kappa shape index (κ2) is 6.07. The molecule has 0 aliphatic heterocycles. The van der Waals surface area contributed by atoms with Gasteiger partial charge in [-0.2, -0.15) is 11.8 Å². The molecule has 0 heterocycles. The van der Waals surface area contributed by atoms with E-state index in [9.17, 15) is 9.90 Å². The standard InChI is InChI=1S/C12H24N2O2S/c1-11(16,9-17-2)8-14-10(15)12(7-13)5-3-4-6-12/h16H,3-9,13H2,1-2H3,(H,14,15). The fourth-order valence-electron chi connectivity index (χ4n) is 2.40. The number of aliphatic hydroxyl groups is 1. The summed E-state index contributed by atoms with van der Waals surface area (Å²) in [4.78, 5) is 12.1. The third kappa shape index (κ3) is 3.86. The van der Waals surface area contributed by atoms with E-state index in [2.05, 4.69) is 5.32 Å². The molecule has 0 spiro atoms. The molecule has 17 heavy (non-hydrogen) atoms. The maximum absolute atomic E-state index is 12.1. The number of hydrogen-bond donors (Lipinski definition) is 3. The molecular weight excluding hydrogens is 236 g/mol. The quantitative estimate of drug-likeness (QED) is 0.658. The Labute approximate surface area is 108 Å². The van der Waals surface area contributed by atoms with E-state index in [-0.39, 0.29) is 11.3 Å². The molecule has 0 radical (unpaired) electrons. The number of thioether (sulfide) groups is 1. The first-order chi connectivity index (χ1) is 7.96. The molecule has 1 saturated carbocycles. The molecule has 1 fully saturated rings. The van der Waals surface area contributed by atoms with Gasteiger partial charge in [0.1, 0.15) is 0 Å². The Balaban J connectivity index is 2.48. The highest BCUT2D eigenvalue weighted by Gasteiger charge is 2.40. The maximum Gasteiger partial charge on any atom is 0.227 e. The smallest absolute Gasteiger partial charge is 0.227 e. The first-order valence-electron chi connectivity index (χ1n) is 6.15. The Hall–Kier alpha value is -0.260. The molecule has 0 aromatic rings. The Bertz CT molecular complexity index is 263. The van der Waals surface area contributed by atoms with Crippen molar-refractivity contribution in [1.29, 1.82) is 0 Å². The van der Waals surface area contributed by atoms with Crippen LogP contribution in [0.15, 0.2) is 0 Å².